The molecule has 0 aliphatic heterocycles. The molecule has 1 heterocycles. The highest BCUT2D eigenvalue weighted by molar-refractivity contribution is 6.18. The van der Waals surface area contributed by atoms with Crippen LogP contribution in [0.3, 0.4) is 0 Å². The molecule has 10 nitrogen and oxygen atoms in total. The predicted molar refractivity (Wildman–Crippen MR) is 126 cm³/mol. The fourth-order valence-corrected chi connectivity index (χ4v) is 3.54. The number of unbranched alkanes of at least 4 members (excludes halogenated alkanes) is 1. The van der Waals surface area contributed by atoms with Gasteiger partial charge in [0.2, 0.25) is 5.91 Å². The van der Waals surface area contributed by atoms with Crippen molar-refractivity contribution in [1.29, 1.82) is 0 Å². The molecule has 2 aromatic carbocycles. The summed E-state index contributed by atoms with van der Waals surface area (Å²) in [5.41, 5.74) is 17.0. The van der Waals surface area contributed by atoms with Crippen LogP contribution in [-0.2, 0) is 16.0 Å². The lowest BCUT2D eigenvalue weighted by Crippen LogP contribution is -2.11. The van der Waals surface area contributed by atoms with Crippen molar-refractivity contribution < 1.29 is 33.8 Å². The lowest BCUT2D eigenvalue weighted by Gasteiger charge is -2.08. The van der Waals surface area contributed by atoms with Crippen molar-refractivity contribution in [3.8, 4) is 17.2 Å². The number of anilines is 2. The first-order valence-corrected chi connectivity index (χ1v) is 10.8. The molecule has 34 heavy (non-hydrogen) atoms. The Labute approximate surface area is 195 Å². The number of carbonyl (C=O) groups is 3. The largest absolute Gasteiger partial charge is 0.504 e. The van der Waals surface area contributed by atoms with Crippen LogP contribution in [0.1, 0.15) is 60.7 Å². The Hall–Kier alpha value is -4.21. The van der Waals surface area contributed by atoms with Gasteiger partial charge in [0.1, 0.15) is 11.3 Å². The van der Waals surface area contributed by atoms with Gasteiger partial charge in [0, 0.05) is 36.3 Å². The summed E-state index contributed by atoms with van der Waals surface area (Å²) in [7, 11) is 0. The minimum Gasteiger partial charge on any atom is -0.504 e. The molecule has 0 aliphatic rings. The third kappa shape index (κ3) is 5.22. The molecule has 3 rings (SSSR count). The van der Waals surface area contributed by atoms with Gasteiger partial charge in [-0.1, -0.05) is 13.3 Å². The molecule has 0 saturated carbocycles. The van der Waals surface area contributed by atoms with Crippen molar-refractivity contribution in [1.82, 2.24) is 0 Å². The molecule has 0 spiro atoms. The Bertz CT molecular complexity index is 1240. The number of ether oxygens (including phenoxy) is 1. The first-order valence-electron chi connectivity index (χ1n) is 10.8. The van der Waals surface area contributed by atoms with Gasteiger partial charge in [-0.25, -0.2) is 0 Å². The van der Waals surface area contributed by atoms with Gasteiger partial charge < -0.3 is 36.6 Å². The molecule has 0 radical (unpaired) electrons. The number of ketones is 1. The second kappa shape index (κ2) is 10.2. The maximum absolute atomic E-state index is 13.4. The maximum Gasteiger partial charge on any atom is 0.311 e. The van der Waals surface area contributed by atoms with E-state index in [-0.39, 0.29) is 75.7 Å². The van der Waals surface area contributed by atoms with Crippen LogP contribution in [0.4, 0.5) is 11.4 Å². The number of aryl methyl sites for hydroxylation is 1. The van der Waals surface area contributed by atoms with E-state index in [1.54, 1.807) is 0 Å². The van der Waals surface area contributed by atoms with Crippen LogP contribution in [0, 0.1) is 0 Å². The summed E-state index contributed by atoms with van der Waals surface area (Å²) in [6, 6.07) is 5.18. The average molecular weight is 469 g/mol. The summed E-state index contributed by atoms with van der Waals surface area (Å²) in [5.74, 6) is -2.04. The van der Waals surface area contributed by atoms with Gasteiger partial charge in [-0.05, 0) is 31.0 Å². The van der Waals surface area contributed by atoms with E-state index in [2.05, 4.69) is 0 Å². The number of phenols is 2. The fourth-order valence-electron chi connectivity index (χ4n) is 3.54. The highest BCUT2D eigenvalue weighted by Crippen LogP contribution is 2.38. The number of rotatable bonds is 10. The van der Waals surface area contributed by atoms with Gasteiger partial charge in [0.05, 0.1) is 16.9 Å². The van der Waals surface area contributed by atoms with E-state index in [1.165, 1.54) is 24.3 Å². The van der Waals surface area contributed by atoms with Crippen LogP contribution in [0.15, 0.2) is 28.7 Å². The Kier molecular flexibility index (Phi) is 7.30. The number of aromatic hydroxyl groups is 2. The molecule has 0 atom stereocenters. The molecule has 10 heteroatoms. The summed E-state index contributed by atoms with van der Waals surface area (Å²) in [5, 5.41) is 20.6. The first-order chi connectivity index (χ1) is 16.1. The summed E-state index contributed by atoms with van der Waals surface area (Å²) in [6.45, 7) is 1.94. The van der Waals surface area contributed by atoms with Gasteiger partial charge in [-0.2, -0.15) is 0 Å². The number of phenolic OH excluding ortho intramolecular Hbond substituents is 2. The molecule has 0 bridgehead atoms. The highest BCUT2D eigenvalue weighted by atomic mass is 16.5. The minimum atomic E-state index is -0.515. The number of amides is 1. The summed E-state index contributed by atoms with van der Waals surface area (Å²) in [4.78, 5) is 36.6. The molecule has 0 unspecified atom stereocenters. The molecular formula is C24H27N3O7. The van der Waals surface area contributed by atoms with Crippen LogP contribution in [-0.4, -0.2) is 27.9 Å². The Morgan fingerprint density at radius 1 is 1.00 bits per heavy atom. The van der Waals surface area contributed by atoms with Gasteiger partial charge in [0.25, 0.3) is 0 Å². The molecule has 8 N–H and O–H groups in total. The summed E-state index contributed by atoms with van der Waals surface area (Å²) in [6.07, 6.45) is 2.25. The van der Waals surface area contributed by atoms with E-state index in [0.29, 0.717) is 12.8 Å². The number of hydrogen-bond acceptors (Lipinski definition) is 9. The van der Waals surface area contributed by atoms with Crippen molar-refractivity contribution in [3.63, 3.8) is 0 Å². The van der Waals surface area contributed by atoms with Crippen molar-refractivity contribution in [2.75, 3.05) is 11.5 Å². The average Bonchev–Trinajstić information content (AvgIpc) is 3.11. The number of fused-ring (bicyclic) bond motifs is 1. The summed E-state index contributed by atoms with van der Waals surface area (Å²) < 4.78 is 11.1. The molecule has 0 saturated heterocycles. The Morgan fingerprint density at radius 3 is 2.29 bits per heavy atom. The number of furan rings is 1. The van der Waals surface area contributed by atoms with Crippen molar-refractivity contribution in [3.05, 3.63) is 41.2 Å². The van der Waals surface area contributed by atoms with E-state index in [4.69, 9.17) is 26.4 Å². The van der Waals surface area contributed by atoms with E-state index in [1.807, 2.05) is 6.92 Å². The van der Waals surface area contributed by atoms with Crippen LogP contribution in [0.5, 0.6) is 17.2 Å². The first kappa shape index (κ1) is 24.4. The number of benzene rings is 2. The molecule has 180 valence electrons. The summed E-state index contributed by atoms with van der Waals surface area (Å²) >= 11 is 0. The van der Waals surface area contributed by atoms with Crippen molar-refractivity contribution in [2.24, 2.45) is 5.73 Å². The van der Waals surface area contributed by atoms with Gasteiger partial charge in [-0.3, -0.25) is 14.4 Å². The van der Waals surface area contributed by atoms with Gasteiger partial charge in [0.15, 0.2) is 23.0 Å². The van der Waals surface area contributed by atoms with E-state index in [0.717, 1.165) is 6.42 Å². The van der Waals surface area contributed by atoms with Gasteiger partial charge >= 0.3 is 5.97 Å². The third-order valence-electron chi connectivity index (χ3n) is 5.29. The fraction of sp³-hybridized carbons (Fsp3) is 0.292. The number of primary amides is 1. The van der Waals surface area contributed by atoms with E-state index < -0.39 is 17.7 Å². The number of nitrogen functional groups attached to an aromatic ring is 2. The number of nitrogens with two attached hydrogens (primary N) is 3. The van der Waals surface area contributed by atoms with Crippen LogP contribution in [0.25, 0.3) is 11.0 Å². The monoisotopic (exact) mass is 469 g/mol. The quantitative estimate of drug-likeness (QED) is 0.0975. The standard InChI is InChI=1S/C24H27N3O7/c1-2-3-7-21(30)34-19-11-18-13(10-16(19)28)22(17(33-18)5-4-6-20(27)29)23(31)12-8-14(25)24(32)15(26)9-12/h8-11,28,32H,2-7,25-26H2,1H3,(H2,27,29). The molecule has 0 fully saturated rings. The lowest BCUT2D eigenvalue weighted by atomic mass is 9.97. The lowest BCUT2D eigenvalue weighted by molar-refractivity contribution is -0.134. The maximum atomic E-state index is 13.4. The molecule has 1 aromatic heterocycles. The number of hydrogen-bond donors (Lipinski definition) is 5. The number of carbonyl (C=O) groups excluding carboxylic acids is 3. The molecule has 0 aliphatic carbocycles. The zero-order valence-corrected chi connectivity index (χ0v) is 18.7. The molecule has 1 amide bonds. The van der Waals surface area contributed by atoms with Crippen molar-refractivity contribution >= 4 is 40.0 Å². The van der Waals surface area contributed by atoms with Crippen LogP contribution in [0.2, 0.25) is 0 Å². The smallest absolute Gasteiger partial charge is 0.311 e. The third-order valence-corrected chi connectivity index (χ3v) is 5.29. The SMILES string of the molecule is CCCCC(=O)Oc1cc2oc(CCCC(N)=O)c(C(=O)c3cc(N)c(O)c(N)c3)c2cc1O. The zero-order chi connectivity index (χ0) is 25.0. The normalized spacial score (nSPS) is 11.0. The topological polar surface area (TPSA) is 192 Å². The van der Waals surface area contributed by atoms with E-state index in [9.17, 15) is 24.6 Å². The second-order valence-electron chi connectivity index (χ2n) is 7.95. The van der Waals surface area contributed by atoms with E-state index >= 15 is 0 Å². The second-order valence-corrected chi connectivity index (χ2v) is 7.95. The Morgan fingerprint density at radius 2 is 1.68 bits per heavy atom. The Balaban J connectivity index is 2.08. The van der Waals surface area contributed by atoms with Crippen LogP contribution < -0.4 is 21.9 Å². The molecular weight excluding hydrogens is 442 g/mol. The van der Waals surface area contributed by atoms with Crippen molar-refractivity contribution in [2.45, 2.75) is 45.4 Å². The predicted octanol–water partition coefficient (Wildman–Crippen LogP) is 3.14. The highest BCUT2D eigenvalue weighted by Gasteiger charge is 2.25. The van der Waals surface area contributed by atoms with Crippen LogP contribution >= 0.6 is 0 Å². The minimum absolute atomic E-state index is 0.0736. The van der Waals surface area contributed by atoms with Gasteiger partial charge in [-0.15, -0.1) is 0 Å². The zero-order valence-electron chi connectivity index (χ0n) is 18.7. The molecule has 3 aromatic rings. The number of esters is 1.